The average Bonchev–Trinajstić information content (AvgIpc) is 3.28. The highest BCUT2D eigenvalue weighted by Gasteiger charge is 2.17. The topological polar surface area (TPSA) is 18.5 Å². The second-order valence-electron chi connectivity index (χ2n) is 14.4. The van der Waals surface area contributed by atoms with Crippen LogP contribution in [0.2, 0.25) is 0 Å². The predicted octanol–water partition coefficient (Wildman–Crippen LogP) is 15.2. The molecule has 0 bridgehead atoms. The number of ether oxygens (including phenoxy) is 2. The van der Waals surface area contributed by atoms with E-state index in [1.54, 1.807) is 24.3 Å². The maximum atomic E-state index is 15.2. The summed E-state index contributed by atoms with van der Waals surface area (Å²) < 4.78 is 68.8. The fourth-order valence-corrected chi connectivity index (χ4v) is 7.25. The molecule has 0 saturated heterocycles. The molecule has 60 heavy (non-hydrogen) atoms. The normalized spacial score (nSPS) is 10.9. The van der Waals surface area contributed by atoms with Gasteiger partial charge in [-0.1, -0.05) is 135 Å². The van der Waals surface area contributed by atoms with Crippen molar-refractivity contribution in [2.45, 2.75) is 26.2 Å². The maximum Gasteiger partial charge on any atom is 0.190 e. The second-order valence-corrected chi connectivity index (χ2v) is 14.4. The van der Waals surface area contributed by atoms with Crippen LogP contribution < -0.4 is 9.47 Å². The van der Waals surface area contributed by atoms with Crippen LogP contribution in [0.5, 0.6) is 11.5 Å². The van der Waals surface area contributed by atoms with Crippen LogP contribution in [0, 0.1) is 23.3 Å². The van der Waals surface area contributed by atoms with Gasteiger partial charge < -0.3 is 9.47 Å². The molecular weight excluding hydrogens is 757 g/mol. The minimum absolute atomic E-state index is 0.120. The van der Waals surface area contributed by atoms with Gasteiger partial charge in [-0.25, -0.2) is 17.6 Å². The number of halogens is 4. The van der Waals surface area contributed by atoms with Crippen molar-refractivity contribution >= 4 is 21.5 Å². The van der Waals surface area contributed by atoms with Crippen molar-refractivity contribution in [3.05, 3.63) is 205 Å². The first-order valence-corrected chi connectivity index (χ1v) is 19.8. The summed E-state index contributed by atoms with van der Waals surface area (Å²) in [7, 11) is 1.18. The molecule has 0 aromatic heterocycles. The summed E-state index contributed by atoms with van der Waals surface area (Å²) in [6, 6.07) is 44.9. The lowest BCUT2D eigenvalue weighted by molar-refractivity contribution is 0.360. The number of rotatable bonds is 12. The van der Waals surface area contributed by atoms with E-state index in [9.17, 15) is 8.78 Å². The summed E-state index contributed by atoms with van der Waals surface area (Å²) in [5, 5.41) is 2.63. The molecule has 0 amide bonds. The Morgan fingerprint density at radius 1 is 0.500 bits per heavy atom. The quantitative estimate of drug-likeness (QED) is 0.0905. The highest BCUT2D eigenvalue weighted by atomic mass is 19.1. The zero-order valence-corrected chi connectivity index (χ0v) is 33.6. The van der Waals surface area contributed by atoms with E-state index in [0.29, 0.717) is 28.3 Å². The van der Waals surface area contributed by atoms with Crippen molar-refractivity contribution in [3.8, 4) is 56.0 Å². The lowest BCUT2D eigenvalue weighted by atomic mass is 9.96. The summed E-state index contributed by atoms with van der Waals surface area (Å²) in [5.74, 6) is -2.20. The molecule has 8 rings (SSSR count). The molecule has 0 aliphatic rings. The van der Waals surface area contributed by atoms with Crippen LogP contribution in [-0.2, 0) is 12.8 Å². The van der Waals surface area contributed by atoms with Crippen LogP contribution in [0.15, 0.2) is 171 Å². The van der Waals surface area contributed by atoms with Crippen LogP contribution in [0.1, 0.15) is 24.5 Å². The monoisotopic (exact) mass is 800 g/mol. The third-order valence-corrected chi connectivity index (χ3v) is 10.6. The third kappa shape index (κ3) is 9.03. The average molecular weight is 801 g/mol. The third-order valence-electron chi connectivity index (χ3n) is 10.6. The summed E-state index contributed by atoms with van der Waals surface area (Å²) in [4.78, 5) is 0. The number of hydrogen-bond acceptors (Lipinski definition) is 2. The van der Waals surface area contributed by atoms with Gasteiger partial charge in [-0.15, -0.1) is 6.58 Å². The molecule has 2 nitrogen and oxygen atoms in total. The number of hydrogen-bond donors (Lipinski definition) is 0. The van der Waals surface area contributed by atoms with Crippen LogP contribution in [0.3, 0.4) is 0 Å². The number of methoxy groups -OCH3 is 1. The number of allylic oxidation sites excluding steroid dienone is 1. The second kappa shape index (κ2) is 18.8. The Hall–Kier alpha value is -6.92. The molecule has 0 unspecified atom stereocenters. The van der Waals surface area contributed by atoms with E-state index in [0.717, 1.165) is 70.3 Å². The summed E-state index contributed by atoms with van der Waals surface area (Å²) >= 11 is 0. The lowest BCUT2D eigenvalue weighted by Crippen LogP contribution is -1.95. The predicted molar refractivity (Wildman–Crippen MR) is 240 cm³/mol. The van der Waals surface area contributed by atoms with Gasteiger partial charge in [0.15, 0.2) is 17.4 Å². The molecule has 0 N–H and O–H groups in total. The van der Waals surface area contributed by atoms with Gasteiger partial charge in [0.2, 0.25) is 0 Å². The largest absolute Gasteiger partial charge is 0.491 e. The number of aryl methyl sites for hydroxylation is 2. The zero-order chi connectivity index (χ0) is 42.2. The highest BCUT2D eigenvalue weighted by molar-refractivity contribution is 5.93. The molecule has 300 valence electrons. The molecule has 0 atom stereocenters. The van der Waals surface area contributed by atoms with Gasteiger partial charge in [-0.3, -0.25) is 0 Å². The molecule has 0 fully saturated rings. The van der Waals surface area contributed by atoms with Crippen molar-refractivity contribution in [2.24, 2.45) is 0 Å². The molecule has 0 heterocycles. The Labute approximate surface area is 348 Å². The molecule has 6 heteroatoms. The first-order chi connectivity index (χ1) is 29.2. The Kier molecular flexibility index (Phi) is 12.9. The minimum Gasteiger partial charge on any atom is -0.491 e. The smallest absolute Gasteiger partial charge is 0.190 e. The fraction of sp³-hybridized carbons (Fsp3) is 0.111. The van der Waals surface area contributed by atoms with Gasteiger partial charge in [0.05, 0.1) is 7.11 Å². The SMILES string of the molecule is C=CCCc1ccc(-c2ccc3c(F)c(-c4cc(F)c(OC)c(F)c4)ccc3c2)cc1.C=CCOc1ccc(-c2ccc3cc(-c4ccc(CC)cc4)ccc3c2F)cc1. The zero-order valence-electron chi connectivity index (χ0n) is 33.6. The molecular formula is C54H44F4O2. The number of benzene rings is 8. The summed E-state index contributed by atoms with van der Waals surface area (Å²) in [5.41, 5.74) is 8.46. The van der Waals surface area contributed by atoms with Crippen molar-refractivity contribution in [1.29, 1.82) is 0 Å². The van der Waals surface area contributed by atoms with E-state index in [4.69, 9.17) is 9.47 Å². The van der Waals surface area contributed by atoms with E-state index >= 15 is 8.78 Å². The van der Waals surface area contributed by atoms with Crippen molar-refractivity contribution in [3.63, 3.8) is 0 Å². The molecule has 0 saturated carbocycles. The van der Waals surface area contributed by atoms with Gasteiger partial charge in [0.25, 0.3) is 0 Å². The molecule has 8 aromatic carbocycles. The number of fused-ring (bicyclic) bond motifs is 2. The minimum atomic E-state index is -0.871. The van der Waals surface area contributed by atoms with Crippen LogP contribution in [0.4, 0.5) is 17.6 Å². The van der Waals surface area contributed by atoms with E-state index < -0.39 is 23.2 Å². The Bertz CT molecular complexity index is 2770. The van der Waals surface area contributed by atoms with E-state index in [-0.39, 0.29) is 16.9 Å². The van der Waals surface area contributed by atoms with Gasteiger partial charge in [-0.2, -0.15) is 0 Å². The lowest BCUT2D eigenvalue weighted by Gasteiger charge is -2.11. The fourth-order valence-electron chi connectivity index (χ4n) is 7.25. The highest BCUT2D eigenvalue weighted by Crippen LogP contribution is 2.36. The molecule has 0 radical (unpaired) electrons. The van der Waals surface area contributed by atoms with Gasteiger partial charge in [-0.05, 0) is 111 Å². The summed E-state index contributed by atoms with van der Waals surface area (Å²) in [6.07, 6.45) is 6.49. The molecule has 0 aliphatic carbocycles. The molecule has 0 aliphatic heterocycles. The maximum absolute atomic E-state index is 15.2. The standard InChI is InChI=1S/C27H21F3O.C27H23FO/c1-3-4-5-17-6-8-18(9-7-17)19-10-12-22-20(14-19)11-13-23(26(22)30)21-15-24(28)27(31-2)25(29)16-21;1-3-17-29-24-13-9-21(10-14-24)25-16-12-23-18-22(11-15-26(23)27(25)28)20-7-5-19(4-2)6-8-20/h3,6-16H,1,4-5H2,2H3;3,5-16,18H,1,4,17H2,2H3. The Morgan fingerprint density at radius 2 is 0.983 bits per heavy atom. The van der Waals surface area contributed by atoms with Crippen molar-refractivity contribution < 1.29 is 27.0 Å². The molecule has 8 aromatic rings. The first-order valence-electron chi connectivity index (χ1n) is 19.8. The summed E-state index contributed by atoms with van der Waals surface area (Å²) in [6.45, 7) is 9.98. The van der Waals surface area contributed by atoms with E-state index in [1.807, 2.05) is 78.9 Å². The van der Waals surface area contributed by atoms with Gasteiger partial charge >= 0.3 is 0 Å². The van der Waals surface area contributed by atoms with Crippen LogP contribution in [0.25, 0.3) is 66.1 Å². The van der Waals surface area contributed by atoms with Crippen LogP contribution in [-0.4, -0.2) is 13.7 Å². The van der Waals surface area contributed by atoms with Gasteiger partial charge in [0.1, 0.15) is 24.0 Å². The Morgan fingerprint density at radius 3 is 1.47 bits per heavy atom. The van der Waals surface area contributed by atoms with Crippen molar-refractivity contribution in [1.82, 2.24) is 0 Å². The first kappa shape index (κ1) is 41.2. The van der Waals surface area contributed by atoms with Gasteiger partial charge in [0, 0.05) is 21.9 Å². The Balaban J connectivity index is 0.000000182. The van der Waals surface area contributed by atoms with E-state index in [2.05, 4.69) is 62.5 Å². The van der Waals surface area contributed by atoms with E-state index in [1.165, 1.54) is 18.2 Å². The molecule has 0 spiro atoms. The van der Waals surface area contributed by atoms with Crippen molar-refractivity contribution in [2.75, 3.05) is 13.7 Å². The van der Waals surface area contributed by atoms with Crippen LogP contribution >= 0.6 is 0 Å².